The number of ether oxygens (including phenoxy) is 1. The molecule has 0 aliphatic carbocycles. The molecule has 2 aromatic rings. The molecule has 7 heteroatoms. The second-order valence-electron chi connectivity index (χ2n) is 6.19. The maximum Gasteiger partial charge on any atom is 0.272 e. The van der Waals surface area contributed by atoms with E-state index in [1.165, 1.54) is 0 Å². The van der Waals surface area contributed by atoms with Crippen LogP contribution in [-0.4, -0.2) is 61.2 Å². The van der Waals surface area contributed by atoms with Crippen LogP contribution in [0.2, 0.25) is 0 Å². The summed E-state index contributed by atoms with van der Waals surface area (Å²) in [7, 11) is 3.99. The third-order valence-corrected chi connectivity index (χ3v) is 4.01. The largest absolute Gasteiger partial charge is 0.378 e. The Balaban J connectivity index is 1.77. The Morgan fingerprint density at radius 2 is 1.84 bits per heavy atom. The topological polar surface area (TPSA) is 70.6 Å². The Morgan fingerprint density at radius 1 is 1.16 bits per heavy atom. The van der Waals surface area contributed by atoms with Crippen LogP contribution in [0.25, 0.3) is 0 Å². The lowest BCUT2D eigenvalue weighted by Crippen LogP contribution is -2.41. The molecule has 0 radical (unpaired) electrons. The van der Waals surface area contributed by atoms with Gasteiger partial charge in [-0.3, -0.25) is 4.79 Å². The number of aryl methyl sites for hydroxylation is 1. The van der Waals surface area contributed by atoms with Crippen molar-refractivity contribution in [3.63, 3.8) is 0 Å². The average molecular weight is 341 g/mol. The molecule has 0 saturated carbocycles. The fourth-order valence-corrected chi connectivity index (χ4v) is 2.63. The molecule has 1 saturated heterocycles. The smallest absolute Gasteiger partial charge is 0.272 e. The van der Waals surface area contributed by atoms with E-state index in [1.54, 1.807) is 11.0 Å². The van der Waals surface area contributed by atoms with Crippen LogP contribution in [-0.2, 0) is 4.74 Å². The molecule has 0 atom stereocenters. The van der Waals surface area contributed by atoms with Gasteiger partial charge in [-0.15, -0.1) is 0 Å². The Labute approximate surface area is 147 Å². The van der Waals surface area contributed by atoms with Gasteiger partial charge in [-0.05, 0) is 37.3 Å². The van der Waals surface area contributed by atoms with E-state index in [2.05, 4.69) is 15.3 Å². The molecule has 132 valence electrons. The summed E-state index contributed by atoms with van der Waals surface area (Å²) in [6.45, 7) is 4.18. The standard InChI is InChI=1S/C18H23N5O2/c1-13-12-16(17(24)23-8-10-25-11-9-23)21-18(19-13)20-14-4-6-15(7-5-14)22(2)3/h4-7,12H,8-11H2,1-3H3,(H,19,20,21). The fourth-order valence-electron chi connectivity index (χ4n) is 2.63. The number of anilines is 3. The van der Waals surface area contributed by atoms with Crippen LogP contribution in [0.15, 0.2) is 30.3 Å². The summed E-state index contributed by atoms with van der Waals surface area (Å²) in [5, 5.41) is 3.17. The number of hydrogen-bond acceptors (Lipinski definition) is 6. The Kier molecular flexibility index (Phi) is 5.14. The lowest BCUT2D eigenvalue weighted by atomic mass is 10.2. The molecular formula is C18H23N5O2. The molecule has 0 bridgehead atoms. The van der Waals surface area contributed by atoms with E-state index in [0.717, 1.165) is 17.1 Å². The first-order valence-corrected chi connectivity index (χ1v) is 8.30. The Bertz CT molecular complexity index is 740. The number of aromatic nitrogens is 2. The number of benzene rings is 1. The lowest BCUT2D eigenvalue weighted by molar-refractivity contribution is 0.0299. The number of morpholine rings is 1. The SMILES string of the molecule is Cc1cc(C(=O)N2CCOCC2)nc(Nc2ccc(N(C)C)cc2)n1. The highest BCUT2D eigenvalue weighted by molar-refractivity contribution is 5.92. The zero-order valence-electron chi connectivity index (χ0n) is 14.8. The Hall–Kier alpha value is -2.67. The molecule has 1 aliphatic heterocycles. The predicted octanol–water partition coefficient (Wildman–Crippen LogP) is 2.07. The molecule has 1 aromatic heterocycles. The molecule has 25 heavy (non-hydrogen) atoms. The summed E-state index contributed by atoms with van der Waals surface area (Å²) in [6, 6.07) is 9.67. The van der Waals surface area contributed by atoms with Crippen molar-refractivity contribution in [1.82, 2.24) is 14.9 Å². The lowest BCUT2D eigenvalue weighted by Gasteiger charge is -2.26. The van der Waals surface area contributed by atoms with Crippen LogP contribution in [0.5, 0.6) is 0 Å². The molecule has 7 nitrogen and oxygen atoms in total. The maximum absolute atomic E-state index is 12.6. The van der Waals surface area contributed by atoms with E-state index >= 15 is 0 Å². The molecule has 1 aliphatic rings. The van der Waals surface area contributed by atoms with E-state index in [9.17, 15) is 4.79 Å². The highest BCUT2D eigenvalue weighted by atomic mass is 16.5. The minimum absolute atomic E-state index is 0.0835. The second-order valence-corrected chi connectivity index (χ2v) is 6.19. The quantitative estimate of drug-likeness (QED) is 0.918. The average Bonchev–Trinajstić information content (AvgIpc) is 2.62. The molecule has 0 unspecified atom stereocenters. The number of hydrogen-bond donors (Lipinski definition) is 1. The number of amides is 1. The van der Waals surface area contributed by atoms with Crippen LogP contribution in [0.1, 0.15) is 16.2 Å². The van der Waals surface area contributed by atoms with Crippen molar-refractivity contribution in [1.29, 1.82) is 0 Å². The first kappa shape index (κ1) is 17.2. The van der Waals surface area contributed by atoms with Crippen molar-refractivity contribution >= 4 is 23.2 Å². The second kappa shape index (κ2) is 7.48. The number of nitrogens with zero attached hydrogens (tertiary/aromatic N) is 4. The van der Waals surface area contributed by atoms with Gasteiger partial charge in [0.2, 0.25) is 5.95 Å². The first-order chi connectivity index (χ1) is 12.0. The van der Waals surface area contributed by atoms with Gasteiger partial charge in [0.15, 0.2) is 0 Å². The van der Waals surface area contributed by atoms with Gasteiger partial charge in [0, 0.05) is 44.3 Å². The summed E-state index contributed by atoms with van der Waals surface area (Å²) >= 11 is 0. The van der Waals surface area contributed by atoms with Crippen LogP contribution in [0, 0.1) is 6.92 Å². The minimum Gasteiger partial charge on any atom is -0.378 e. The third kappa shape index (κ3) is 4.24. The van der Waals surface area contributed by atoms with Crippen molar-refractivity contribution < 1.29 is 9.53 Å². The monoisotopic (exact) mass is 341 g/mol. The molecule has 1 N–H and O–H groups in total. The minimum atomic E-state index is -0.0835. The molecular weight excluding hydrogens is 318 g/mol. The van der Waals surface area contributed by atoms with Crippen molar-refractivity contribution in [2.75, 3.05) is 50.6 Å². The summed E-state index contributed by atoms with van der Waals surface area (Å²) in [6.07, 6.45) is 0. The Morgan fingerprint density at radius 3 is 2.48 bits per heavy atom. The number of nitrogens with one attached hydrogen (secondary N) is 1. The van der Waals surface area contributed by atoms with Gasteiger partial charge in [0.25, 0.3) is 5.91 Å². The van der Waals surface area contributed by atoms with E-state index < -0.39 is 0 Å². The van der Waals surface area contributed by atoms with E-state index in [0.29, 0.717) is 37.9 Å². The van der Waals surface area contributed by atoms with Crippen molar-refractivity contribution in [3.8, 4) is 0 Å². The van der Waals surface area contributed by atoms with Gasteiger partial charge in [0.1, 0.15) is 5.69 Å². The van der Waals surface area contributed by atoms with Gasteiger partial charge in [0.05, 0.1) is 13.2 Å². The van der Waals surface area contributed by atoms with Crippen molar-refractivity contribution in [3.05, 3.63) is 41.7 Å². The highest BCUT2D eigenvalue weighted by Gasteiger charge is 2.20. The third-order valence-electron chi connectivity index (χ3n) is 4.01. The summed E-state index contributed by atoms with van der Waals surface area (Å²) < 4.78 is 5.30. The van der Waals surface area contributed by atoms with Gasteiger partial charge in [-0.1, -0.05) is 0 Å². The molecule has 3 rings (SSSR count). The van der Waals surface area contributed by atoms with E-state index in [-0.39, 0.29) is 5.91 Å². The predicted molar refractivity (Wildman–Crippen MR) is 97.5 cm³/mol. The zero-order chi connectivity index (χ0) is 17.8. The van der Waals surface area contributed by atoms with Crippen LogP contribution < -0.4 is 10.2 Å². The van der Waals surface area contributed by atoms with Crippen molar-refractivity contribution in [2.24, 2.45) is 0 Å². The fraction of sp³-hybridized carbons (Fsp3) is 0.389. The van der Waals surface area contributed by atoms with Gasteiger partial charge >= 0.3 is 0 Å². The van der Waals surface area contributed by atoms with Crippen LogP contribution >= 0.6 is 0 Å². The molecule has 0 spiro atoms. The van der Waals surface area contributed by atoms with Gasteiger partial charge in [-0.25, -0.2) is 9.97 Å². The molecule has 1 amide bonds. The summed E-state index contributed by atoms with van der Waals surface area (Å²) in [4.78, 5) is 25.2. The number of rotatable bonds is 4. The van der Waals surface area contributed by atoms with E-state index in [4.69, 9.17) is 4.74 Å². The molecule has 2 heterocycles. The van der Waals surface area contributed by atoms with Crippen LogP contribution in [0.4, 0.5) is 17.3 Å². The number of carbonyl (C=O) groups excluding carboxylic acids is 1. The summed E-state index contributed by atoms with van der Waals surface area (Å²) in [5.41, 5.74) is 3.14. The van der Waals surface area contributed by atoms with Gasteiger partial charge < -0.3 is 19.9 Å². The van der Waals surface area contributed by atoms with Crippen LogP contribution in [0.3, 0.4) is 0 Å². The maximum atomic E-state index is 12.6. The van der Waals surface area contributed by atoms with Gasteiger partial charge in [-0.2, -0.15) is 0 Å². The van der Waals surface area contributed by atoms with E-state index in [1.807, 2.05) is 50.2 Å². The normalized spacial score (nSPS) is 14.3. The number of carbonyl (C=O) groups is 1. The molecule has 1 fully saturated rings. The molecule has 1 aromatic carbocycles. The highest BCUT2D eigenvalue weighted by Crippen LogP contribution is 2.19. The van der Waals surface area contributed by atoms with Crippen molar-refractivity contribution in [2.45, 2.75) is 6.92 Å². The zero-order valence-corrected chi connectivity index (χ0v) is 14.8. The summed E-state index contributed by atoms with van der Waals surface area (Å²) in [5.74, 6) is 0.342. The first-order valence-electron chi connectivity index (χ1n) is 8.30.